The van der Waals surface area contributed by atoms with Crippen molar-refractivity contribution < 1.29 is 27.1 Å². The Morgan fingerprint density at radius 3 is 2.13 bits per heavy atom. The molecule has 0 aliphatic carbocycles. The number of rotatable bonds is 12. The van der Waals surface area contributed by atoms with Crippen molar-refractivity contribution in [1.82, 2.24) is 14.5 Å². The zero-order valence-electron chi connectivity index (χ0n) is 21.6. The maximum atomic E-state index is 13.6. The number of benzene rings is 3. The van der Waals surface area contributed by atoms with Crippen LogP contribution in [0.2, 0.25) is 0 Å². The monoisotopic (exact) mass is 541 g/mol. The molecule has 202 valence electrons. The summed E-state index contributed by atoms with van der Waals surface area (Å²) in [5.74, 6) is -0.682. The van der Waals surface area contributed by atoms with Crippen molar-refractivity contribution in [3.05, 3.63) is 101 Å². The minimum Gasteiger partial charge on any atom is -0.497 e. The van der Waals surface area contributed by atoms with Gasteiger partial charge in [0.2, 0.25) is 21.8 Å². The van der Waals surface area contributed by atoms with Gasteiger partial charge in [0, 0.05) is 20.1 Å². The fourth-order valence-electron chi connectivity index (χ4n) is 3.84. The number of carbonyl (C=O) groups is 2. The van der Waals surface area contributed by atoms with Crippen LogP contribution in [0.1, 0.15) is 22.7 Å². The van der Waals surface area contributed by atoms with Gasteiger partial charge in [-0.3, -0.25) is 9.59 Å². The van der Waals surface area contributed by atoms with Crippen LogP contribution in [-0.2, 0) is 32.6 Å². The summed E-state index contributed by atoms with van der Waals surface area (Å²) in [7, 11) is -0.753. The molecule has 0 aliphatic rings. The first kappa shape index (κ1) is 28.8. The first-order chi connectivity index (χ1) is 18.1. The van der Waals surface area contributed by atoms with Gasteiger partial charge < -0.3 is 15.0 Å². The summed E-state index contributed by atoms with van der Waals surface area (Å²) in [4.78, 5) is 28.4. The predicted octanol–water partition coefficient (Wildman–Crippen LogP) is 3.15. The SMILES string of the molecule is COc1ccc(CCNC(=O)[C@@H](c2ccccc2)N(Cc2ccc(F)cc2)C(=O)CN(C)S(C)(=O)=O)cc1. The van der Waals surface area contributed by atoms with E-state index in [1.54, 1.807) is 37.4 Å². The van der Waals surface area contributed by atoms with E-state index < -0.39 is 40.2 Å². The highest BCUT2D eigenvalue weighted by molar-refractivity contribution is 7.88. The van der Waals surface area contributed by atoms with Gasteiger partial charge in [-0.2, -0.15) is 4.31 Å². The average molecular weight is 542 g/mol. The van der Waals surface area contributed by atoms with E-state index in [1.807, 2.05) is 24.3 Å². The van der Waals surface area contributed by atoms with Gasteiger partial charge in [-0.1, -0.05) is 54.6 Å². The quantitative estimate of drug-likeness (QED) is 0.380. The van der Waals surface area contributed by atoms with Crippen molar-refractivity contribution in [2.45, 2.75) is 19.0 Å². The van der Waals surface area contributed by atoms with E-state index in [2.05, 4.69) is 5.32 Å². The third kappa shape index (κ3) is 8.12. The Bertz CT molecular complexity index is 1320. The molecule has 0 saturated carbocycles. The molecule has 1 N–H and O–H groups in total. The molecule has 3 rings (SSSR count). The molecule has 0 aromatic heterocycles. The molecule has 0 heterocycles. The van der Waals surface area contributed by atoms with Crippen molar-refractivity contribution in [3.63, 3.8) is 0 Å². The number of likely N-dealkylation sites (N-methyl/N-ethyl adjacent to an activating group) is 1. The third-order valence-electron chi connectivity index (χ3n) is 6.06. The normalized spacial score (nSPS) is 12.1. The molecule has 0 saturated heterocycles. The largest absolute Gasteiger partial charge is 0.497 e. The zero-order chi connectivity index (χ0) is 27.7. The van der Waals surface area contributed by atoms with Gasteiger partial charge in [-0.25, -0.2) is 12.8 Å². The maximum Gasteiger partial charge on any atom is 0.247 e. The number of sulfonamides is 1. The second-order valence-electron chi connectivity index (χ2n) is 8.87. The molecule has 0 bridgehead atoms. The summed E-state index contributed by atoms with van der Waals surface area (Å²) in [6, 6.07) is 20.8. The van der Waals surface area contributed by atoms with Crippen LogP contribution in [0.5, 0.6) is 5.75 Å². The molecular weight excluding hydrogens is 509 g/mol. The van der Waals surface area contributed by atoms with Crippen LogP contribution in [0, 0.1) is 5.82 Å². The Kier molecular flexibility index (Phi) is 9.98. The van der Waals surface area contributed by atoms with Crippen molar-refractivity contribution in [2.75, 3.05) is 33.5 Å². The highest BCUT2D eigenvalue weighted by Crippen LogP contribution is 2.24. The van der Waals surface area contributed by atoms with Gasteiger partial charge >= 0.3 is 0 Å². The molecule has 38 heavy (non-hydrogen) atoms. The van der Waals surface area contributed by atoms with E-state index in [9.17, 15) is 22.4 Å². The summed E-state index contributed by atoms with van der Waals surface area (Å²) in [5, 5.41) is 2.92. The number of carbonyl (C=O) groups excluding carboxylic acids is 2. The minimum absolute atomic E-state index is 0.0256. The molecule has 10 heteroatoms. The highest BCUT2D eigenvalue weighted by Gasteiger charge is 2.32. The summed E-state index contributed by atoms with van der Waals surface area (Å²) in [5.41, 5.74) is 2.15. The van der Waals surface area contributed by atoms with Crippen LogP contribution in [0.15, 0.2) is 78.9 Å². The van der Waals surface area contributed by atoms with Crippen LogP contribution >= 0.6 is 0 Å². The molecule has 3 aromatic rings. The summed E-state index contributed by atoms with van der Waals surface area (Å²) in [6.07, 6.45) is 1.56. The number of hydrogen-bond donors (Lipinski definition) is 1. The van der Waals surface area contributed by atoms with Gasteiger partial charge in [-0.05, 0) is 47.4 Å². The molecule has 2 amide bonds. The Morgan fingerprint density at radius 2 is 1.55 bits per heavy atom. The zero-order valence-corrected chi connectivity index (χ0v) is 22.4. The van der Waals surface area contributed by atoms with Crippen LogP contribution in [0.4, 0.5) is 4.39 Å². The van der Waals surface area contributed by atoms with Gasteiger partial charge in [0.25, 0.3) is 0 Å². The smallest absolute Gasteiger partial charge is 0.247 e. The van der Waals surface area contributed by atoms with Crippen molar-refractivity contribution in [1.29, 1.82) is 0 Å². The van der Waals surface area contributed by atoms with Crippen LogP contribution < -0.4 is 10.1 Å². The molecule has 0 unspecified atom stereocenters. The summed E-state index contributed by atoms with van der Waals surface area (Å²) < 4.78 is 43.6. The number of ether oxygens (including phenoxy) is 1. The number of nitrogens with one attached hydrogen (secondary N) is 1. The van der Waals surface area contributed by atoms with Gasteiger partial charge in [0.1, 0.15) is 17.6 Å². The van der Waals surface area contributed by atoms with Gasteiger partial charge in [0.15, 0.2) is 0 Å². The van der Waals surface area contributed by atoms with E-state index >= 15 is 0 Å². The summed E-state index contributed by atoms with van der Waals surface area (Å²) in [6.45, 7) is -0.166. The van der Waals surface area contributed by atoms with Crippen molar-refractivity contribution in [2.24, 2.45) is 0 Å². The molecule has 0 aliphatic heterocycles. The summed E-state index contributed by atoms with van der Waals surface area (Å²) >= 11 is 0. The van der Waals surface area contributed by atoms with E-state index in [0.29, 0.717) is 24.1 Å². The first-order valence-corrected chi connectivity index (χ1v) is 13.8. The number of amides is 2. The number of nitrogens with zero attached hydrogens (tertiary/aromatic N) is 2. The fraction of sp³-hybridized carbons (Fsp3) is 0.286. The molecule has 3 aromatic carbocycles. The lowest BCUT2D eigenvalue weighted by Gasteiger charge is -2.32. The van der Waals surface area contributed by atoms with Crippen LogP contribution in [-0.4, -0.2) is 62.9 Å². The van der Waals surface area contributed by atoms with Crippen LogP contribution in [0.3, 0.4) is 0 Å². The van der Waals surface area contributed by atoms with Gasteiger partial charge in [0.05, 0.1) is 19.9 Å². The topological polar surface area (TPSA) is 96.0 Å². The molecular formula is C28H32FN3O5S. The number of methoxy groups -OCH3 is 1. The third-order valence-corrected chi connectivity index (χ3v) is 7.32. The first-order valence-electron chi connectivity index (χ1n) is 12.0. The molecule has 0 spiro atoms. The maximum absolute atomic E-state index is 13.6. The van der Waals surface area contributed by atoms with Gasteiger partial charge in [-0.15, -0.1) is 0 Å². The predicted molar refractivity (Wildman–Crippen MR) is 143 cm³/mol. The average Bonchev–Trinajstić information content (AvgIpc) is 2.90. The van der Waals surface area contributed by atoms with E-state index in [4.69, 9.17) is 4.74 Å². The number of hydrogen-bond acceptors (Lipinski definition) is 5. The fourth-order valence-corrected chi connectivity index (χ4v) is 4.18. The molecule has 0 radical (unpaired) electrons. The van der Waals surface area contributed by atoms with Crippen LogP contribution in [0.25, 0.3) is 0 Å². The minimum atomic E-state index is -3.64. The lowest BCUT2D eigenvalue weighted by molar-refractivity contribution is -0.141. The Labute approximate surface area is 223 Å². The molecule has 1 atom stereocenters. The molecule has 8 nitrogen and oxygen atoms in total. The Morgan fingerprint density at radius 1 is 0.947 bits per heavy atom. The lowest BCUT2D eigenvalue weighted by atomic mass is 10.0. The Balaban J connectivity index is 1.89. The van der Waals surface area contributed by atoms with E-state index in [1.165, 1.54) is 36.2 Å². The van der Waals surface area contributed by atoms with Crippen molar-refractivity contribution in [3.8, 4) is 5.75 Å². The second kappa shape index (κ2) is 13.2. The van der Waals surface area contributed by atoms with Crippen molar-refractivity contribution >= 4 is 21.8 Å². The highest BCUT2D eigenvalue weighted by atomic mass is 32.2. The second-order valence-corrected chi connectivity index (χ2v) is 11.0. The lowest BCUT2D eigenvalue weighted by Crippen LogP contribution is -2.47. The number of halogens is 1. The molecule has 0 fully saturated rings. The van der Waals surface area contributed by atoms with E-state index in [0.717, 1.165) is 21.9 Å². The Hall–Kier alpha value is -3.76. The van der Waals surface area contributed by atoms with E-state index in [-0.39, 0.29) is 6.54 Å². The standard InChI is InChI=1S/C28H32FN3O5S/c1-31(38(3,35)36)20-26(33)32(19-22-9-13-24(29)14-10-22)27(23-7-5-4-6-8-23)28(34)30-18-17-21-11-15-25(37-2)16-12-21/h4-16,27H,17-20H2,1-3H3,(H,30,34)/t27-/m1/s1.